The van der Waals surface area contributed by atoms with Gasteiger partial charge in [0.15, 0.2) is 0 Å². The van der Waals surface area contributed by atoms with Gasteiger partial charge in [0.25, 0.3) is 0 Å². The van der Waals surface area contributed by atoms with Crippen LogP contribution >= 0.6 is 0 Å². The number of hydrogen-bond donors (Lipinski definition) is 2. The van der Waals surface area contributed by atoms with Gasteiger partial charge in [0.1, 0.15) is 9.64 Å². The molecule has 0 aromatic rings. The number of thiol groups is 1. The highest BCUT2D eigenvalue weighted by atomic mass is 32.8. The van der Waals surface area contributed by atoms with Gasteiger partial charge in [-0.15, -0.1) is 0 Å². The van der Waals surface area contributed by atoms with E-state index < -0.39 is 15.7 Å². The smallest absolute Gasteiger partial charge is 0.133 e. The molecule has 0 aliphatic carbocycles. The Hall–Kier alpha value is 0.290. The van der Waals surface area contributed by atoms with Crippen LogP contribution in [-0.2, 0) is 25.0 Å². The number of aliphatic hydroxyl groups is 1. The highest BCUT2D eigenvalue weighted by molar-refractivity contribution is 8.19. The molecule has 2 atom stereocenters. The van der Waals surface area contributed by atoms with E-state index in [1.54, 1.807) is 0 Å². The summed E-state index contributed by atoms with van der Waals surface area (Å²) in [6, 6.07) is 0. The maximum absolute atomic E-state index is 9.98. The van der Waals surface area contributed by atoms with Crippen molar-refractivity contribution < 1.29 is 13.5 Å². The fourth-order valence-corrected chi connectivity index (χ4v) is 0.689. The maximum Gasteiger partial charge on any atom is 0.133 e. The molecule has 0 aromatic carbocycles. The molecule has 5 heteroatoms. The van der Waals surface area contributed by atoms with Crippen molar-refractivity contribution in [3.05, 3.63) is 0 Å². The lowest BCUT2D eigenvalue weighted by Gasteiger charge is -1.97. The van der Waals surface area contributed by atoms with Crippen molar-refractivity contribution in [1.29, 1.82) is 0 Å². The minimum Gasteiger partial charge on any atom is -0.391 e. The molecule has 0 rings (SSSR count). The summed E-state index contributed by atoms with van der Waals surface area (Å²) in [6.45, 7) is 1.59. The van der Waals surface area contributed by atoms with E-state index in [0.717, 1.165) is 0 Å². The molecule has 50 valence electrons. The van der Waals surface area contributed by atoms with Crippen LogP contribution in [0.3, 0.4) is 0 Å². The summed E-state index contributed by atoms with van der Waals surface area (Å²) in [4.78, 5) is 0. The van der Waals surface area contributed by atoms with Crippen LogP contribution in [0, 0.1) is 0 Å². The van der Waals surface area contributed by atoms with Gasteiger partial charge in [0.05, 0.1) is 12.7 Å². The summed E-state index contributed by atoms with van der Waals surface area (Å²) in [5.74, 6) is 0. The molecule has 2 unspecified atom stereocenters. The zero-order valence-electron chi connectivity index (χ0n) is 4.40. The summed E-state index contributed by atoms with van der Waals surface area (Å²) < 4.78 is 14.4. The Bertz CT molecular complexity index is 110. The Balaban J connectivity index is 3.18. The zero-order valence-corrected chi connectivity index (χ0v) is 6.11. The fraction of sp³-hybridized carbons (Fsp3) is 1.00. The van der Waals surface area contributed by atoms with Crippen molar-refractivity contribution in [1.82, 2.24) is 0 Å². The first-order chi connectivity index (χ1) is 3.63. The van der Waals surface area contributed by atoms with E-state index in [2.05, 4.69) is 15.4 Å². The summed E-state index contributed by atoms with van der Waals surface area (Å²) in [5, 5.41) is 8.50. The van der Waals surface area contributed by atoms with Crippen LogP contribution in [0.4, 0.5) is 0 Å². The van der Waals surface area contributed by atoms with Gasteiger partial charge in [0, 0.05) is 11.2 Å². The normalized spacial score (nSPS) is 17.8. The highest BCUT2D eigenvalue weighted by Crippen LogP contribution is 1.80. The number of aliphatic hydroxyl groups excluding tert-OH is 1. The quantitative estimate of drug-likeness (QED) is 0.527. The number of rotatable bonds is 3. The van der Waals surface area contributed by atoms with Crippen molar-refractivity contribution in [2.75, 3.05) is 6.61 Å². The van der Waals surface area contributed by atoms with Crippen LogP contribution in [0.1, 0.15) is 6.92 Å². The van der Waals surface area contributed by atoms with E-state index in [1.165, 1.54) is 6.92 Å². The average molecular weight is 156 g/mol. The topological polar surface area (TPSA) is 46.5 Å². The standard InChI is InChI=1S/C3H8O3S2/c1-3(4)2-6-8(5)7/h3-4,8H,2H2,1H3. The van der Waals surface area contributed by atoms with Gasteiger partial charge >= 0.3 is 0 Å². The molecule has 0 heterocycles. The molecule has 0 fully saturated rings. The van der Waals surface area contributed by atoms with Gasteiger partial charge in [0.2, 0.25) is 0 Å². The molecule has 0 aliphatic heterocycles. The third-order valence-electron chi connectivity index (χ3n) is 0.421. The Kier molecular flexibility index (Phi) is 4.35. The Morgan fingerprint density at radius 1 is 2.00 bits per heavy atom. The van der Waals surface area contributed by atoms with Crippen LogP contribution in [0.25, 0.3) is 0 Å². The predicted molar refractivity (Wildman–Crippen MR) is 34.5 cm³/mol. The molecule has 8 heavy (non-hydrogen) atoms. The maximum atomic E-state index is 9.98. The lowest BCUT2D eigenvalue weighted by molar-refractivity contribution is 0.132. The highest BCUT2D eigenvalue weighted by Gasteiger charge is 1.92. The Labute approximate surface area is 54.6 Å². The second-order valence-electron chi connectivity index (χ2n) is 1.37. The van der Waals surface area contributed by atoms with Crippen LogP contribution in [-0.4, -0.2) is 22.0 Å². The van der Waals surface area contributed by atoms with E-state index in [-0.39, 0.29) is 6.61 Å². The Morgan fingerprint density at radius 2 is 2.50 bits per heavy atom. The molecule has 0 saturated heterocycles. The van der Waals surface area contributed by atoms with Gasteiger partial charge < -0.3 is 5.11 Å². The van der Waals surface area contributed by atoms with E-state index >= 15 is 0 Å². The second kappa shape index (κ2) is 4.20. The first kappa shape index (κ1) is 8.29. The second-order valence-corrected chi connectivity index (χ2v) is 2.97. The Morgan fingerprint density at radius 3 is 2.62 bits per heavy atom. The van der Waals surface area contributed by atoms with Crippen molar-refractivity contribution >= 4 is 20.8 Å². The largest absolute Gasteiger partial charge is 0.391 e. The van der Waals surface area contributed by atoms with Crippen molar-refractivity contribution in [2.24, 2.45) is 0 Å². The summed E-state index contributed by atoms with van der Waals surface area (Å²) in [6.07, 6.45) is -0.586. The van der Waals surface area contributed by atoms with Crippen LogP contribution < -0.4 is 0 Å². The van der Waals surface area contributed by atoms with Gasteiger partial charge in [-0.2, -0.15) is 0 Å². The van der Waals surface area contributed by atoms with Crippen LogP contribution in [0.5, 0.6) is 0 Å². The molecule has 1 N–H and O–H groups in total. The monoisotopic (exact) mass is 156 g/mol. The molecule has 0 amide bonds. The molecule has 0 aliphatic rings. The summed E-state index contributed by atoms with van der Waals surface area (Å²) in [5.41, 5.74) is 0. The van der Waals surface area contributed by atoms with Gasteiger partial charge in [-0.1, -0.05) is 0 Å². The molecule has 0 aromatic heterocycles. The summed E-state index contributed by atoms with van der Waals surface area (Å²) >= 11 is 4.17. The minimum absolute atomic E-state index is 0.0543. The number of hydrogen-bond acceptors (Lipinski definition) is 4. The molecule has 0 saturated carbocycles. The van der Waals surface area contributed by atoms with Gasteiger partial charge in [-0.25, -0.2) is 4.21 Å². The minimum atomic E-state index is -1.96. The zero-order chi connectivity index (χ0) is 6.57. The van der Waals surface area contributed by atoms with Gasteiger partial charge in [-0.05, 0) is 6.92 Å². The lowest BCUT2D eigenvalue weighted by atomic mass is 10.5. The van der Waals surface area contributed by atoms with Crippen LogP contribution in [0.15, 0.2) is 0 Å². The van der Waals surface area contributed by atoms with Crippen molar-refractivity contribution in [2.45, 2.75) is 13.0 Å². The van der Waals surface area contributed by atoms with E-state index in [1.807, 2.05) is 0 Å². The van der Waals surface area contributed by atoms with Crippen LogP contribution in [0.2, 0.25) is 0 Å². The molecule has 0 radical (unpaired) electrons. The molecule has 3 nitrogen and oxygen atoms in total. The average Bonchev–Trinajstić information content (AvgIpc) is 1.61. The van der Waals surface area contributed by atoms with E-state index in [4.69, 9.17) is 5.11 Å². The first-order valence-electron chi connectivity index (χ1n) is 2.08. The predicted octanol–water partition coefficient (Wildman–Crippen LogP) is -0.758. The van der Waals surface area contributed by atoms with E-state index in [0.29, 0.717) is 0 Å². The SMILES string of the molecule is CC(O)CO[SH](=O)=S. The van der Waals surface area contributed by atoms with Crippen molar-refractivity contribution in [3.63, 3.8) is 0 Å². The van der Waals surface area contributed by atoms with Gasteiger partial charge in [-0.3, -0.25) is 4.18 Å². The fourth-order valence-electron chi connectivity index (χ4n) is 0.169. The first-order valence-corrected chi connectivity index (χ1v) is 4.27. The third kappa shape index (κ3) is 6.29. The molecular formula is C3H8O3S2. The molecule has 0 spiro atoms. The molecular weight excluding hydrogens is 148 g/mol. The third-order valence-corrected chi connectivity index (χ3v) is 1.10. The lowest BCUT2D eigenvalue weighted by Crippen LogP contribution is -2.08. The van der Waals surface area contributed by atoms with E-state index in [9.17, 15) is 4.21 Å². The summed E-state index contributed by atoms with van der Waals surface area (Å²) in [7, 11) is -1.96. The van der Waals surface area contributed by atoms with Crippen molar-refractivity contribution in [3.8, 4) is 0 Å². The molecule has 0 bridgehead atoms.